The second-order valence-electron chi connectivity index (χ2n) is 5.87. The monoisotopic (exact) mass is 376 g/mol. The summed E-state index contributed by atoms with van der Waals surface area (Å²) in [6.45, 7) is 2.13. The number of methoxy groups -OCH3 is 1. The molecule has 2 N–H and O–H groups in total. The Morgan fingerprint density at radius 3 is 2.59 bits per heavy atom. The number of carbonyl (C=O) groups excluding carboxylic acids is 3. The Kier molecular flexibility index (Phi) is 7.30. The number of hydrazone groups is 1. The summed E-state index contributed by atoms with van der Waals surface area (Å²) in [6.07, 6.45) is 0.0648. The van der Waals surface area contributed by atoms with Gasteiger partial charge in [0, 0.05) is 20.1 Å². The molecule has 1 aliphatic heterocycles. The molecule has 146 valence electrons. The first-order valence-corrected chi connectivity index (χ1v) is 8.62. The summed E-state index contributed by atoms with van der Waals surface area (Å²) >= 11 is 0. The molecule has 0 aliphatic carbocycles. The second kappa shape index (κ2) is 9.67. The average Bonchev–Trinajstić information content (AvgIpc) is 3.11. The minimum Gasteiger partial charge on any atom is -0.465 e. The standard InChI is InChI=1S/C18H24N4O5/c1-3-27-16(23)12-21(9-10-26-2)18(25)14-11-15(17(19)24)22(20-14)13-7-5-4-6-8-13/h4-8,15H,3,9-12H2,1-2H3,(H2,19,24). The van der Waals surface area contributed by atoms with Gasteiger partial charge in [0.1, 0.15) is 18.3 Å². The van der Waals surface area contributed by atoms with Crippen LogP contribution in [0.25, 0.3) is 0 Å². The number of nitrogens with two attached hydrogens (primary N) is 1. The molecule has 27 heavy (non-hydrogen) atoms. The van der Waals surface area contributed by atoms with Crippen molar-refractivity contribution in [2.24, 2.45) is 10.8 Å². The van der Waals surface area contributed by atoms with Crippen molar-refractivity contribution in [1.82, 2.24) is 4.90 Å². The predicted octanol–water partition coefficient (Wildman–Crippen LogP) is 0.145. The van der Waals surface area contributed by atoms with E-state index in [1.165, 1.54) is 17.0 Å². The van der Waals surface area contributed by atoms with Crippen molar-refractivity contribution in [3.8, 4) is 0 Å². The van der Waals surface area contributed by atoms with Crippen LogP contribution in [0.1, 0.15) is 13.3 Å². The van der Waals surface area contributed by atoms with Gasteiger partial charge in [-0.05, 0) is 19.1 Å². The van der Waals surface area contributed by atoms with Crippen LogP contribution in [0.4, 0.5) is 5.69 Å². The summed E-state index contributed by atoms with van der Waals surface area (Å²) in [5.74, 6) is -1.56. The van der Waals surface area contributed by atoms with E-state index in [-0.39, 0.29) is 38.4 Å². The zero-order valence-electron chi connectivity index (χ0n) is 15.5. The molecule has 1 atom stereocenters. The summed E-state index contributed by atoms with van der Waals surface area (Å²) in [5, 5.41) is 5.75. The molecule has 1 aliphatic rings. The van der Waals surface area contributed by atoms with Gasteiger partial charge in [-0.15, -0.1) is 0 Å². The molecule has 9 heteroatoms. The number of anilines is 1. The zero-order chi connectivity index (χ0) is 19.8. The first-order chi connectivity index (χ1) is 13.0. The summed E-state index contributed by atoms with van der Waals surface area (Å²) in [7, 11) is 1.50. The molecule has 0 saturated carbocycles. The second-order valence-corrected chi connectivity index (χ2v) is 5.87. The van der Waals surface area contributed by atoms with Gasteiger partial charge in [0.15, 0.2) is 0 Å². The van der Waals surface area contributed by atoms with Gasteiger partial charge in [-0.2, -0.15) is 5.10 Å². The molecule has 1 heterocycles. The van der Waals surface area contributed by atoms with Crippen molar-refractivity contribution in [3.63, 3.8) is 0 Å². The fourth-order valence-electron chi connectivity index (χ4n) is 2.68. The molecule has 9 nitrogen and oxygen atoms in total. The molecule has 0 radical (unpaired) electrons. The first-order valence-electron chi connectivity index (χ1n) is 8.62. The Bertz CT molecular complexity index is 707. The molecular formula is C18H24N4O5. The fourth-order valence-corrected chi connectivity index (χ4v) is 2.68. The number of rotatable bonds is 9. The van der Waals surface area contributed by atoms with E-state index in [0.717, 1.165) is 0 Å². The lowest BCUT2D eigenvalue weighted by Gasteiger charge is -2.21. The Hall–Kier alpha value is -2.94. The van der Waals surface area contributed by atoms with E-state index in [1.807, 2.05) is 6.07 Å². The van der Waals surface area contributed by atoms with E-state index in [9.17, 15) is 14.4 Å². The number of hydrogen-bond donors (Lipinski definition) is 1. The average molecular weight is 376 g/mol. The highest BCUT2D eigenvalue weighted by molar-refractivity contribution is 6.40. The third kappa shape index (κ3) is 5.27. The number of esters is 1. The van der Waals surface area contributed by atoms with Gasteiger partial charge in [-0.3, -0.25) is 19.4 Å². The van der Waals surface area contributed by atoms with Crippen LogP contribution in [0.5, 0.6) is 0 Å². The zero-order valence-corrected chi connectivity index (χ0v) is 15.5. The lowest BCUT2D eigenvalue weighted by molar-refractivity contribution is -0.147. The normalized spacial score (nSPS) is 16.0. The Balaban J connectivity index is 2.22. The Labute approximate surface area is 157 Å². The molecule has 0 spiro atoms. The van der Waals surface area contributed by atoms with Gasteiger partial charge in [-0.25, -0.2) is 0 Å². The topological polar surface area (TPSA) is 115 Å². The molecular weight excluding hydrogens is 352 g/mol. The highest BCUT2D eigenvalue weighted by Gasteiger charge is 2.36. The number of hydrogen-bond acceptors (Lipinski definition) is 7. The minimum atomic E-state index is -0.766. The van der Waals surface area contributed by atoms with Crippen molar-refractivity contribution in [2.75, 3.05) is 38.4 Å². The smallest absolute Gasteiger partial charge is 0.325 e. The van der Waals surface area contributed by atoms with E-state index >= 15 is 0 Å². The highest BCUT2D eigenvalue weighted by Crippen LogP contribution is 2.24. The van der Waals surface area contributed by atoms with Crippen LogP contribution in [0.15, 0.2) is 35.4 Å². The molecule has 0 bridgehead atoms. The summed E-state index contributed by atoms with van der Waals surface area (Å²) < 4.78 is 9.92. The number of para-hydroxylation sites is 1. The molecule has 2 amide bonds. The number of amides is 2. The Morgan fingerprint density at radius 1 is 1.30 bits per heavy atom. The third-order valence-electron chi connectivity index (χ3n) is 3.98. The van der Waals surface area contributed by atoms with Crippen molar-refractivity contribution in [1.29, 1.82) is 0 Å². The SMILES string of the molecule is CCOC(=O)CN(CCOC)C(=O)C1=NN(c2ccccc2)C(C(N)=O)C1. The van der Waals surface area contributed by atoms with Crippen LogP contribution in [-0.2, 0) is 23.9 Å². The fraction of sp³-hybridized carbons (Fsp3) is 0.444. The minimum absolute atomic E-state index is 0.0648. The van der Waals surface area contributed by atoms with Crippen LogP contribution in [-0.4, -0.2) is 67.9 Å². The number of carbonyl (C=O) groups is 3. The third-order valence-corrected chi connectivity index (χ3v) is 3.98. The lowest BCUT2D eigenvalue weighted by atomic mass is 10.1. The maximum absolute atomic E-state index is 12.9. The summed E-state index contributed by atoms with van der Waals surface area (Å²) in [4.78, 5) is 37.8. The molecule has 1 aromatic carbocycles. The van der Waals surface area contributed by atoms with Crippen LogP contribution < -0.4 is 10.7 Å². The number of ether oxygens (including phenoxy) is 2. The quantitative estimate of drug-likeness (QED) is 0.614. The molecule has 2 rings (SSSR count). The van der Waals surface area contributed by atoms with Crippen molar-refractivity contribution < 1.29 is 23.9 Å². The van der Waals surface area contributed by atoms with Gasteiger partial charge in [0.05, 0.1) is 18.9 Å². The van der Waals surface area contributed by atoms with E-state index in [2.05, 4.69) is 5.10 Å². The Morgan fingerprint density at radius 2 is 2.00 bits per heavy atom. The van der Waals surface area contributed by atoms with Gasteiger partial charge in [-0.1, -0.05) is 18.2 Å². The number of benzene rings is 1. The molecule has 0 saturated heterocycles. The van der Waals surface area contributed by atoms with Gasteiger partial charge >= 0.3 is 5.97 Å². The number of nitrogens with zero attached hydrogens (tertiary/aromatic N) is 3. The van der Waals surface area contributed by atoms with Crippen LogP contribution in [0.2, 0.25) is 0 Å². The van der Waals surface area contributed by atoms with Crippen molar-refractivity contribution in [3.05, 3.63) is 30.3 Å². The maximum atomic E-state index is 12.9. The van der Waals surface area contributed by atoms with E-state index < -0.39 is 23.8 Å². The lowest BCUT2D eigenvalue weighted by Crippen LogP contribution is -2.43. The predicted molar refractivity (Wildman–Crippen MR) is 99.0 cm³/mol. The first kappa shape index (κ1) is 20.4. The molecule has 0 fully saturated rings. The van der Waals surface area contributed by atoms with Crippen LogP contribution in [0, 0.1) is 0 Å². The van der Waals surface area contributed by atoms with Gasteiger partial charge in [0.2, 0.25) is 5.91 Å². The van der Waals surface area contributed by atoms with E-state index in [1.54, 1.807) is 31.2 Å². The largest absolute Gasteiger partial charge is 0.465 e. The molecule has 1 unspecified atom stereocenters. The van der Waals surface area contributed by atoms with E-state index in [4.69, 9.17) is 15.2 Å². The van der Waals surface area contributed by atoms with Crippen molar-refractivity contribution in [2.45, 2.75) is 19.4 Å². The summed E-state index contributed by atoms with van der Waals surface area (Å²) in [5.41, 5.74) is 6.30. The highest BCUT2D eigenvalue weighted by atomic mass is 16.5. The number of primary amides is 1. The van der Waals surface area contributed by atoms with Crippen molar-refractivity contribution >= 4 is 29.2 Å². The van der Waals surface area contributed by atoms with E-state index in [0.29, 0.717) is 5.69 Å². The van der Waals surface area contributed by atoms with Crippen LogP contribution in [0.3, 0.4) is 0 Å². The van der Waals surface area contributed by atoms with Crippen LogP contribution >= 0.6 is 0 Å². The molecule has 0 aromatic heterocycles. The van der Waals surface area contributed by atoms with Gasteiger partial charge in [0.25, 0.3) is 5.91 Å². The molecule has 1 aromatic rings. The van der Waals surface area contributed by atoms with Gasteiger partial charge < -0.3 is 20.1 Å². The summed E-state index contributed by atoms with van der Waals surface area (Å²) in [6, 6.07) is 8.21. The maximum Gasteiger partial charge on any atom is 0.325 e.